The van der Waals surface area contributed by atoms with Crippen molar-refractivity contribution in [1.82, 2.24) is 9.97 Å². The van der Waals surface area contributed by atoms with Gasteiger partial charge in [-0.1, -0.05) is 41.9 Å². The maximum absolute atomic E-state index is 6.28. The quantitative estimate of drug-likeness (QED) is 0.453. The van der Waals surface area contributed by atoms with E-state index < -0.39 is 0 Å². The van der Waals surface area contributed by atoms with E-state index in [1.807, 2.05) is 36.4 Å². The third-order valence-corrected chi connectivity index (χ3v) is 4.53. The third kappa shape index (κ3) is 1.79. The average Bonchev–Trinajstić information content (AvgIpc) is 2.91. The summed E-state index contributed by atoms with van der Waals surface area (Å²) >= 11 is 7.98. The van der Waals surface area contributed by atoms with Gasteiger partial charge in [-0.2, -0.15) is 0 Å². The van der Waals surface area contributed by atoms with Crippen LogP contribution in [0.25, 0.3) is 32.4 Å². The van der Waals surface area contributed by atoms with Crippen molar-refractivity contribution in [3.8, 4) is 11.4 Å². The molecule has 4 aromatic rings. The number of halogens is 1. The molecule has 0 saturated carbocycles. The molecule has 0 unspecified atom stereocenters. The lowest BCUT2D eigenvalue weighted by Crippen LogP contribution is -1.90. The van der Waals surface area contributed by atoms with Gasteiger partial charge in [0.2, 0.25) is 0 Å². The second kappa shape index (κ2) is 4.54. The number of para-hydroxylation sites is 1. The predicted octanol–water partition coefficient (Wildman–Crippen LogP) is 5.16. The highest BCUT2D eigenvalue weighted by Crippen LogP contribution is 2.33. The molecule has 2 heterocycles. The Bertz CT molecular complexity index is 930. The van der Waals surface area contributed by atoms with Gasteiger partial charge in [0, 0.05) is 26.4 Å². The van der Waals surface area contributed by atoms with E-state index in [1.165, 1.54) is 10.1 Å². The molecule has 4 rings (SSSR count). The maximum Gasteiger partial charge on any atom is 0.162 e. The first kappa shape index (κ1) is 11.8. The second-order valence-corrected chi connectivity index (χ2v) is 5.77. The summed E-state index contributed by atoms with van der Waals surface area (Å²) in [6.45, 7) is 0. The summed E-state index contributed by atoms with van der Waals surface area (Å²) in [5.74, 6) is 0.686. The SMILES string of the molecule is Clc1nc(-c2csc3ccccc23)nc2ccccc12. The maximum atomic E-state index is 6.28. The highest BCUT2D eigenvalue weighted by atomic mass is 35.5. The summed E-state index contributed by atoms with van der Waals surface area (Å²) in [6, 6.07) is 16.1. The smallest absolute Gasteiger partial charge is 0.162 e. The van der Waals surface area contributed by atoms with E-state index in [-0.39, 0.29) is 0 Å². The van der Waals surface area contributed by atoms with Crippen molar-refractivity contribution in [2.45, 2.75) is 0 Å². The largest absolute Gasteiger partial charge is 0.228 e. The molecule has 0 spiro atoms. The molecule has 0 aliphatic carbocycles. The van der Waals surface area contributed by atoms with Crippen molar-refractivity contribution in [1.29, 1.82) is 0 Å². The molecule has 20 heavy (non-hydrogen) atoms. The van der Waals surface area contributed by atoms with E-state index in [2.05, 4.69) is 27.5 Å². The Morgan fingerprint density at radius 3 is 2.50 bits per heavy atom. The minimum atomic E-state index is 0.501. The number of fused-ring (bicyclic) bond motifs is 2. The van der Waals surface area contributed by atoms with Gasteiger partial charge in [0.25, 0.3) is 0 Å². The van der Waals surface area contributed by atoms with Gasteiger partial charge in [-0.25, -0.2) is 9.97 Å². The zero-order chi connectivity index (χ0) is 13.5. The molecule has 0 amide bonds. The number of hydrogen-bond acceptors (Lipinski definition) is 3. The number of hydrogen-bond donors (Lipinski definition) is 0. The van der Waals surface area contributed by atoms with Gasteiger partial charge in [0.05, 0.1) is 5.52 Å². The fourth-order valence-corrected chi connectivity index (χ4v) is 3.49. The number of thiophene rings is 1. The van der Waals surface area contributed by atoms with E-state index in [0.717, 1.165) is 16.5 Å². The number of benzene rings is 2. The number of rotatable bonds is 1. The van der Waals surface area contributed by atoms with Crippen LogP contribution < -0.4 is 0 Å². The Morgan fingerprint density at radius 1 is 0.850 bits per heavy atom. The summed E-state index contributed by atoms with van der Waals surface area (Å²) in [4.78, 5) is 9.09. The van der Waals surface area contributed by atoms with Crippen LogP contribution in [-0.2, 0) is 0 Å². The summed E-state index contributed by atoms with van der Waals surface area (Å²) in [5.41, 5.74) is 1.91. The molecule has 0 fully saturated rings. The van der Waals surface area contributed by atoms with E-state index in [1.54, 1.807) is 11.3 Å². The van der Waals surface area contributed by atoms with Crippen LogP contribution in [0.5, 0.6) is 0 Å². The summed E-state index contributed by atoms with van der Waals surface area (Å²) < 4.78 is 1.23. The fraction of sp³-hybridized carbons (Fsp3) is 0. The molecule has 0 radical (unpaired) electrons. The number of aromatic nitrogens is 2. The normalized spacial score (nSPS) is 11.2. The lowest BCUT2D eigenvalue weighted by Gasteiger charge is -2.03. The molecule has 2 aromatic carbocycles. The highest BCUT2D eigenvalue weighted by molar-refractivity contribution is 7.17. The Morgan fingerprint density at radius 2 is 1.60 bits per heavy atom. The molecule has 0 aliphatic rings. The first-order valence-corrected chi connectivity index (χ1v) is 7.47. The Balaban J connectivity index is 2.03. The van der Waals surface area contributed by atoms with Gasteiger partial charge in [-0.05, 0) is 18.2 Å². The van der Waals surface area contributed by atoms with Gasteiger partial charge in [0.1, 0.15) is 5.15 Å². The molecular formula is C16H9ClN2S. The van der Waals surface area contributed by atoms with Crippen LogP contribution in [-0.4, -0.2) is 9.97 Å². The Labute approximate surface area is 124 Å². The van der Waals surface area contributed by atoms with Crippen LogP contribution in [0.2, 0.25) is 5.15 Å². The monoisotopic (exact) mass is 296 g/mol. The van der Waals surface area contributed by atoms with Crippen molar-refractivity contribution >= 4 is 43.9 Å². The predicted molar refractivity (Wildman–Crippen MR) is 85.4 cm³/mol. The average molecular weight is 297 g/mol. The first-order chi connectivity index (χ1) is 9.83. The van der Waals surface area contributed by atoms with Crippen LogP contribution in [0, 0.1) is 0 Å². The zero-order valence-corrected chi connectivity index (χ0v) is 11.9. The van der Waals surface area contributed by atoms with Crippen molar-refractivity contribution in [2.75, 3.05) is 0 Å². The van der Waals surface area contributed by atoms with Crippen LogP contribution in [0.1, 0.15) is 0 Å². The van der Waals surface area contributed by atoms with E-state index in [9.17, 15) is 0 Å². The Kier molecular flexibility index (Phi) is 2.69. The van der Waals surface area contributed by atoms with Crippen LogP contribution >= 0.6 is 22.9 Å². The van der Waals surface area contributed by atoms with Gasteiger partial charge in [-0.3, -0.25) is 0 Å². The minimum Gasteiger partial charge on any atom is -0.228 e. The topological polar surface area (TPSA) is 25.8 Å². The minimum absolute atomic E-state index is 0.501. The van der Waals surface area contributed by atoms with Crippen molar-refractivity contribution in [2.24, 2.45) is 0 Å². The molecule has 0 saturated heterocycles. The van der Waals surface area contributed by atoms with Crippen molar-refractivity contribution in [3.05, 3.63) is 59.1 Å². The van der Waals surface area contributed by atoms with Gasteiger partial charge in [0.15, 0.2) is 5.82 Å². The van der Waals surface area contributed by atoms with E-state index in [0.29, 0.717) is 11.0 Å². The molecule has 0 atom stereocenters. The molecule has 2 nitrogen and oxygen atoms in total. The van der Waals surface area contributed by atoms with Crippen LogP contribution in [0.15, 0.2) is 53.9 Å². The lowest BCUT2D eigenvalue weighted by atomic mass is 10.1. The molecule has 0 N–H and O–H groups in total. The molecule has 96 valence electrons. The zero-order valence-electron chi connectivity index (χ0n) is 10.4. The molecular weight excluding hydrogens is 288 g/mol. The fourth-order valence-electron chi connectivity index (χ4n) is 2.31. The number of nitrogens with zero attached hydrogens (tertiary/aromatic N) is 2. The van der Waals surface area contributed by atoms with E-state index >= 15 is 0 Å². The van der Waals surface area contributed by atoms with Crippen molar-refractivity contribution < 1.29 is 0 Å². The highest BCUT2D eigenvalue weighted by Gasteiger charge is 2.11. The summed E-state index contributed by atoms with van der Waals surface area (Å²) in [6.07, 6.45) is 0. The third-order valence-electron chi connectivity index (χ3n) is 3.28. The first-order valence-electron chi connectivity index (χ1n) is 6.22. The molecule has 0 aliphatic heterocycles. The molecule has 2 aromatic heterocycles. The van der Waals surface area contributed by atoms with Gasteiger partial charge >= 0.3 is 0 Å². The lowest BCUT2D eigenvalue weighted by molar-refractivity contribution is 1.24. The second-order valence-electron chi connectivity index (χ2n) is 4.50. The standard InChI is InChI=1S/C16H9ClN2S/c17-15-11-6-1-3-7-13(11)18-16(19-15)12-9-20-14-8-4-2-5-10(12)14/h1-9H. The van der Waals surface area contributed by atoms with Gasteiger partial charge in [-0.15, -0.1) is 11.3 Å². The van der Waals surface area contributed by atoms with Crippen LogP contribution in [0.4, 0.5) is 0 Å². The summed E-state index contributed by atoms with van der Waals surface area (Å²) in [7, 11) is 0. The molecule has 0 bridgehead atoms. The summed E-state index contributed by atoms with van der Waals surface area (Å²) in [5, 5.41) is 4.65. The van der Waals surface area contributed by atoms with Crippen LogP contribution in [0.3, 0.4) is 0 Å². The van der Waals surface area contributed by atoms with Crippen molar-refractivity contribution in [3.63, 3.8) is 0 Å². The molecule has 4 heteroatoms. The van der Waals surface area contributed by atoms with E-state index in [4.69, 9.17) is 11.6 Å². The van der Waals surface area contributed by atoms with Gasteiger partial charge < -0.3 is 0 Å². The Hall–Kier alpha value is -1.97.